The van der Waals surface area contributed by atoms with Crippen molar-refractivity contribution >= 4 is 6.09 Å². The van der Waals surface area contributed by atoms with Gasteiger partial charge in [0.05, 0.1) is 0 Å². The zero-order chi connectivity index (χ0) is 30.4. The van der Waals surface area contributed by atoms with Gasteiger partial charge in [-0.05, 0) is 71.6 Å². The quantitative estimate of drug-likeness (QED) is 0.200. The first-order valence-corrected chi connectivity index (χ1v) is 12.3. The number of alkyl halides is 6. The molecule has 0 bridgehead atoms. The first-order valence-electron chi connectivity index (χ1n) is 12.3. The summed E-state index contributed by atoms with van der Waals surface area (Å²) < 4.78 is 105. The molecule has 0 radical (unpaired) electrons. The molecule has 4 rings (SSSR count). The lowest BCUT2D eigenvalue weighted by Gasteiger charge is -2.36. The van der Waals surface area contributed by atoms with Gasteiger partial charge < -0.3 is 19.5 Å². The molecular weight excluding hydrogens is 571 g/mol. The first kappa shape index (κ1) is 30.2. The molecule has 220 valence electrons. The average Bonchev–Trinajstić information content (AvgIpc) is 2.91. The number of halogens is 7. The van der Waals surface area contributed by atoms with E-state index in [9.17, 15) is 35.5 Å². The van der Waals surface area contributed by atoms with Crippen molar-refractivity contribution in [3.05, 3.63) is 126 Å². The van der Waals surface area contributed by atoms with Crippen molar-refractivity contribution in [1.82, 2.24) is 5.32 Å². The molecule has 0 aliphatic carbocycles. The largest absolute Gasteiger partial charge is 0.573 e. The van der Waals surface area contributed by atoms with Crippen LogP contribution in [0.25, 0.3) is 0 Å². The van der Waals surface area contributed by atoms with Gasteiger partial charge in [0.2, 0.25) is 0 Å². The Hall–Kier alpha value is -4.74. The predicted octanol–water partition coefficient (Wildman–Crippen LogP) is 7.94. The fourth-order valence-corrected chi connectivity index (χ4v) is 4.43. The lowest BCUT2D eigenvalue weighted by atomic mass is 9.70. The van der Waals surface area contributed by atoms with Crippen molar-refractivity contribution in [2.75, 3.05) is 6.54 Å². The van der Waals surface area contributed by atoms with Crippen molar-refractivity contribution < 1.29 is 49.7 Å². The van der Waals surface area contributed by atoms with Gasteiger partial charge in [0.15, 0.2) is 0 Å². The van der Waals surface area contributed by atoms with Crippen LogP contribution < -0.4 is 19.5 Å². The summed E-state index contributed by atoms with van der Waals surface area (Å²) in [4.78, 5) is 12.8. The summed E-state index contributed by atoms with van der Waals surface area (Å²) in [6, 6.07) is 23.0. The second-order valence-corrected chi connectivity index (χ2v) is 9.09. The minimum atomic E-state index is -5.02. The standard InChI is InChI=1S/C30H22F7NO4/c31-23-12-14-24(15-13-23)40-27(39)38-19-28(18-20-6-2-1-3-7-20,21-8-4-10-25(16-21)41-29(32,33)34)22-9-5-11-26(17-22)42-30(35,36)37/h1-17H,18-19H2,(H,38,39). The lowest BCUT2D eigenvalue weighted by molar-refractivity contribution is -0.275. The van der Waals surface area contributed by atoms with Crippen molar-refractivity contribution in [3.8, 4) is 17.2 Å². The highest BCUT2D eigenvalue weighted by Crippen LogP contribution is 2.40. The zero-order valence-corrected chi connectivity index (χ0v) is 21.5. The maximum atomic E-state index is 13.3. The number of carbonyl (C=O) groups excluding carboxylic acids is 1. The molecule has 0 unspecified atom stereocenters. The Balaban J connectivity index is 1.82. The van der Waals surface area contributed by atoms with E-state index < -0.39 is 41.5 Å². The number of benzene rings is 4. The molecule has 12 heteroatoms. The smallest absolute Gasteiger partial charge is 0.410 e. The number of carbonyl (C=O) groups is 1. The van der Waals surface area contributed by atoms with Crippen LogP contribution >= 0.6 is 0 Å². The fourth-order valence-electron chi connectivity index (χ4n) is 4.43. The summed E-state index contributed by atoms with van der Waals surface area (Å²) in [5.74, 6) is -1.71. The van der Waals surface area contributed by atoms with E-state index >= 15 is 0 Å². The fraction of sp³-hybridized carbons (Fsp3) is 0.167. The van der Waals surface area contributed by atoms with E-state index in [1.807, 2.05) is 0 Å². The highest BCUT2D eigenvalue weighted by atomic mass is 19.4. The third kappa shape index (κ3) is 8.38. The van der Waals surface area contributed by atoms with Crippen LogP contribution in [0.3, 0.4) is 0 Å². The Morgan fingerprint density at radius 3 is 1.67 bits per heavy atom. The summed E-state index contributed by atoms with van der Waals surface area (Å²) in [6.07, 6.45) is -11.0. The molecule has 0 saturated heterocycles. The Labute approximate surface area is 235 Å². The zero-order valence-electron chi connectivity index (χ0n) is 21.5. The normalized spacial score (nSPS) is 12.0. The Kier molecular flexibility index (Phi) is 8.93. The Morgan fingerprint density at radius 1 is 0.643 bits per heavy atom. The van der Waals surface area contributed by atoms with Crippen molar-refractivity contribution in [3.63, 3.8) is 0 Å². The average molecular weight is 593 g/mol. The van der Waals surface area contributed by atoms with Gasteiger partial charge in [-0.2, -0.15) is 0 Å². The number of hydrogen-bond donors (Lipinski definition) is 1. The van der Waals surface area contributed by atoms with E-state index in [1.165, 1.54) is 36.4 Å². The van der Waals surface area contributed by atoms with Gasteiger partial charge in [0.25, 0.3) is 0 Å². The predicted molar refractivity (Wildman–Crippen MR) is 138 cm³/mol. The summed E-state index contributed by atoms with van der Waals surface area (Å²) in [6.45, 7) is -0.354. The highest BCUT2D eigenvalue weighted by molar-refractivity contribution is 5.70. The van der Waals surface area contributed by atoms with Crippen LogP contribution in [0.5, 0.6) is 17.2 Å². The van der Waals surface area contributed by atoms with Gasteiger partial charge in [-0.25, -0.2) is 9.18 Å². The van der Waals surface area contributed by atoms with E-state index in [1.54, 1.807) is 30.3 Å². The summed E-state index contributed by atoms with van der Waals surface area (Å²) in [5, 5.41) is 2.56. The number of ether oxygens (including phenoxy) is 3. The van der Waals surface area contributed by atoms with Crippen LogP contribution in [-0.2, 0) is 11.8 Å². The van der Waals surface area contributed by atoms with E-state index in [2.05, 4.69) is 14.8 Å². The topological polar surface area (TPSA) is 56.8 Å². The molecule has 0 fully saturated rings. The van der Waals surface area contributed by atoms with Crippen LogP contribution in [0.2, 0.25) is 0 Å². The van der Waals surface area contributed by atoms with Gasteiger partial charge in [0, 0.05) is 12.0 Å². The SMILES string of the molecule is O=C(NCC(Cc1ccccc1)(c1cccc(OC(F)(F)F)c1)c1cccc(OC(F)(F)F)c1)Oc1ccc(F)cc1. The molecule has 42 heavy (non-hydrogen) atoms. The maximum absolute atomic E-state index is 13.3. The van der Waals surface area contributed by atoms with E-state index in [0.717, 1.165) is 36.4 Å². The van der Waals surface area contributed by atoms with Gasteiger partial charge in [0.1, 0.15) is 23.1 Å². The number of rotatable bonds is 9. The van der Waals surface area contributed by atoms with Crippen LogP contribution in [0.1, 0.15) is 16.7 Å². The molecule has 4 aromatic carbocycles. The monoisotopic (exact) mass is 593 g/mol. The van der Waals surface area contributed by atoms with Crippen molar-refractivity contribution in [2.24, 2.45) is 0 Å². The third-order valence-corrected chi connectivity index (χ3v) is 6.15. The van der Waals surface area contributed by atoms with Gasteiger partial charge >= 0.3 is 18.8 Å². The molecule has 5 nitrogen and oxygen atoms in total. The van der Waals surface area contributed by atoms with E-state index in [-0.39, 0.29) is 29.8 Å². The summed E-state index contributed by atoms with van der Waals surface area (Å²) >= 11 is 0. The minimum absolute atomic E-state index is 0.00343. The van der Waals surface area contributed by atoms with Crippen LogP contribution in [0, 0.1) is 5.82 Å². The number of nitrogens with one attached hydrogen (secondary N) is 1. The van der Waals surface area contributed by atoms with Crippen LogP contribution in [0.4, 0.5) is 35.5 Å². The van der Waals surface area contributed by atoms with Gasteiger partial charge in [-0.3, -0.25) is 0 Å². The summed E-state index contributed by atoms with van der Waals surface area (Å²) in [5.41, 5.74) is -0.465. The van der Waals surface area contributed by atoms with Crippen LogP contribution in [0.15, 0.2) is 103 Å². The second-order valence-electron chi connectivity index (χ2n) is 9.09. The molecule has 0 saturated carbocycles. The molecule has 0 spiro atoms. The van der Waals surface area contributed by atoms with Gasteiger partial charge in [-0.15, -0.1) is 26.3 Å². The first-order chi connectivity index (χ1) is 19.8. The van der Waals surface area contributed by atoms with Crippen LogP contribution in [-0.4, -0.2) is 25.4 Å². The summed E-state index contributed by atoms with van der Waals surface area (Å²) in [7, 11) is 0. The van der Waals surface area contributed by atoms with E-state index in [0.29, 0.717) is 5.56 Å². The highest BCUT2D eigenvalue weighted by Gasteiger charge is 2.38. The maximum Gasteiger partial charge on any atom is 0.573 e. The third-order valence-electron chi connectivity index (χ3n) is 6.15. The molecule has 0 atom stereocenters. The molecule has 1 amide bonds. The molecule has 0 heterocycles. The molecule has 0 aliphatic heterocycles. The van der Waals surface area contributed by atoms with E-state index in [4.69, 9.17) is 4.74 Å². The lowest BCUT2D eigenvalue weighted by Crippen LogP contribution is -2.44. The van der Waals surface area contributed by atoms with Gasteiger partial charge in [-0.1, -0.05) is 54.6 Å². The number of hydrogen-bond acceptors (Lipinski definition) is 4. The molecule has 4 aromatic rings. The molecule has 0 aliphatic rings. The number of amides is 1. The Morgan fingerprint density at radius 2 is 1.17 bits per heavy atom. The molecular formula is C30H22F7NO4. The molecule has 1 N–H and O–H groups in total. The molecule has 0 aromatic heterocycles. The Bertz CT molecular complexity index is 1430. The second kappa shape index (κ2) is 12.4. The minimum Gasteiger partial charge on any atom is -0.410 e. The van der Waals surface area contributed by atoms with Crippen molar-refractivity contribution in [2.45, 2.75) is 24.6 Å². The van der Waals surface area contributed by atoms with Crippen molar-refractivity contribution in [1.29, 1.82) is 0 Å².